The number of nitrogen functional groups attached to an aromatic ring is 1. The minimum absolute atomic E-state index is 0.252. The second-order valence-corrected chi connectivity index (χ2v) is 4.51. The van der Waals surface area contributed by atoms with Gasteiger partial charge in [0.1, 0.15) is 5.75 Å². The third-order valence-electron chi connectivity index (χ3n) is 3.34. The Morgan fingerprint density at radius 3 is 3.12 bits per heavy atom. The predicted molar refractivity (Wildman–Crippen MR) is 67.0 cm³/mol. The van der Waals surface area contributed by atoms with Crippen molar-refractivity contribution in [2.75, 3.05) is 18.8 Å². The number of hydrogen-bond donors (Lipinski definition) is 3. The number of nitrogens with two attached hydrogens (primary N) is 1. The molecule has 1 aromatic carbocycles. The molecule has 1 aliphatic heterocycles. The first-order valence-electron chi connectivity index (χ1n) is 5.93. The third-order valence-corrected chi connectivity index (χ3v) is 3.34. The minimum atomic E-state index is 0.252. The highest BCUT2D eigenvalue weighted by molar-refractivity contribution is 5.80. The van der Waals surface area contributed by atoms with Gasteiger partial charge in [0.05, 0.1) is 11.0 Å². The van der Waals surface area contributed by atoms with E-state index in [1.807, 2.05) is 4.57 Å². The van der Waals surface area contributed by atoms with Gasteiger partial charge in [0.2, 0.25) is 5.95 Å². The second-order valence-electron chi connectivity index (χ2n) is 4.51. The molecule has 2 heterocycles. The van der Waals surface area contributed by atoms with Crippen LogP contribution in [0.5, 0.6) is 5.75 Å². The van der Waals surface area contributed by atoms with Gasteiger partial charge in [0.15, 0.2) is 0 Å². The molecule has 2 aromatic rings. The summed E-state index contributed by atoms with van der Waals surface area (Å²) in [5, 5.41) is 12.9. The summed E-state index contributed by atoms with van der Waals surface area (Å²) in [5.74, 6) is 0.779. The van der Waals surface area contributed by atoms with Crippen LogP contribution in [-0.4, -0.2) is 27.7 Å². The quantitative estimate of drug-likeness (QED) is 0.691. The van der Waals surface area contributed by atoms with E-state index in [0.29, 0.717) is 12.0 Å². The van der Waals surface area contributed by atoms with Gasteiger partial charge in [-0.25, -0.2) is 4.98 Å². The summed E-state index contributed by atoms with van der Waals surface area (Å²) in [4.78, 5) is 4.33. The molecule has 0 spiro atoms. The topological polar surface area (TPSA) is 76.1 Å². The zero-order valence-corrected chi connectivity index (χ0v) is 9.56. The largest absolute Gasteiger partial charge is 0.508 e. The molecule has 0 bridgehead atoms. The van der Waals surface area contributed by atoms with Gasteiger partial charge in [-0.2, -0.15) is 0 Å². The van der Waals surface area contributed by atoms with Crippen molar-refractivity contribution in [1.82, 2.24) is 14.9 Å². The van der Waals surface area contributed by atoms with Gasteiger partial charge in [-0.1, -0.05) is 0 Å². The van der Waals surface area contributed by atoms with Crippen molar-refractivity contribution in [3.63, 3.8) is 0 Å². The van der Waals surface area contributed by atoms with E-state index in [9.17, 15) is 5.11 Å². The van der Waals surface area contributed by atoms with Crippen molar-refractivity contribution < 1.29 is 5.11 Å². The smallest absolute Gasteiger partial charge is 0.201 e. The van der Waals surface area contributed by atoms with E-state index < -0.39 is 0 Å². The monoisotopic (exact) mass is 232 g/mol. The molecule has 0 aliphatic carbocycles. The fourth-order valence-electron chi connectivity index (χ4n) is 2.54. The number of imidazole rings is 1. The lowest BCUT2D eigenvalue weighted by Crippen LogP contribution is -2.32. The summed E-state index contributed by atoms with van der Waals surface area (Å²) >= 11 is 0. The molecule has 5 nitrogen and oxygen atoms in total. The van der Waals surface area contributed by atoms with Crippen LogP contribution in [-0.2, 0) is 0 Å². The van der Waals surface area contributed by atoms with Crippen LogP contribution in [0.3, 0.4) is 0 Å². The SMILES string of the molecule is Nc1nc2ccc(O)cc2n1C1CCCNC1. The van der Waals surface area contributed by atoms with Crippen molar-refractivity contribution in [3.8, 4) is 5.75 Å². The summed E-state index contributed by atoms with van der Waals surface area (Å²) in [6, 6.07) is 5.50. The Morgan fingerprint density at radius 1 is 1.47 bits per heavy atom. The van der Waals surface area contributed by atoms with Crippen LogP contribution in [0.15, 0.2) is 18.2 Å². The van der Waals surface area contributed by atoms with E-state index in [2.05, 4.69) is 10.3 Å². The van der Waals surface area contributed by atoms with E-state index in [-0.39, 0.29) is 5.75 Å². The Morgan fingerprint density at radius 2 is 2.35 bits per heavy atom. The number of hydrogen-bond acceptors (Lipinski definition) is 4. The summed E-state index contributed by atoms with van der Waals surface area (Å²) in [6.45, 7) is 1.97. The van der Waals surface area contributed by atoms with Gasteiger partial charge in [0, 0.05) is 18.7 Å². The molecule has 0 radical (unpaired) electrons. The molecule has 1 aromatic heterocycles. The number of anilines is 1. The van der Waals surface area contributed by atoms with Crippen molar-refractivity contribution >= 4 is 17.0 Å². The standard InChI is InChI=1S/C12H16N4O/c13-12-15-10-4-3-9(17)6-11(10)16(12)8-2-1-5-14-7-8/h3-4,6,8,14,17H,1-2,5,7H2,(H2,13,15). The highest BCUT2D eigenvalue weighted by Crippen LogP contribution is 2.28. The van der Waals surface area contributed by atoms with Crippen molar-refractivity contribution in [3.05, 3.63) is 18.2 Å². The Balaban J connectivity index is 2.13. The minimum Gasteiger partial charge on any atom is -0.508 e. The van der Waals surface area contributed by atoms with E-state index in [1.54, 1.807) is 18.2 Å². The number of phenolic OH excluding ortho intramolecular Hbond substituents is 1. The maximum atomic E-state index is 9.56. The van der Waals surface area contributed by atoms with Crippen LogP contribution in [0.2, 0.25) is 0 Å². The molecular formula is C12H16N4O. The summed E-state index contributed by atoms with van der Waals surface area (Å²) < 4.78 is 2.03. The zero-order valence-electron chi connectivity index (χ0n) is 9.56. The molecule has 5 heteroatoms. The second kappa shape index (κ2) is 3.92. The molecule has 1 unspecified atom stereocenters. The number of aromatic hydroxyl groups is 1. The number of rotatable bonds is 1. The highest BCUT2D eigenvalue weighted by Gasteiger charge is 2.20. The predicted octanol–water partition coefficient (Wildman–Crippen LogP) is 1.25. The Hall–Kier alpha value is -1.75. The van der Waals surface area contributed by atoms with Gasteiger partial charge in [-0.15, -0.1) is 0 Å². The lowest BCUT2D eigenvalue weighted by Gasteiger charge is -2.25. The van der Waals surface area contributed by atoms with Crippen molar-refractivity contribution in [2.45, 2.75) is 18.9 Å². The number of benzene rings is 1. The zero-order chi connectivity index (χ0) is 11.8. The molecule has 4 N–H and O–H groups in total. The van der Waals surface area contributed by atoms with Crippen LogP contribution in [0.25, 0.3) is 11.0 Å². The highest BCUT2D eigenvalue weighted by atomic mass is 16.3. The van der Waals surface area contributed by atoms with Crippen LogP contribution in [0.4, 0.5) is 5.95 Å². The first-order chi connectivity index (χ1) is 8.25. The average Bonchev–Trinajstić information content (AvgIpc) is 2.65. The number of aromatic nitrogens is 2. The molecule has 1 aliphatic rings. The van der Waals surface area contributed by atoms with Crippen molar-refractivity contribution in [2.24, 2.45) is 0 Å². The van der Waals surface area contributed by atoms with Gasteiger partial charge >= 0.3 is 0 Å². The maximum Gasteiger partial charge on any atom is 0.201 e. The molecule has 1 fully saturated rings. The van der Waals surface area contributed by atoms with Gasteiger partial charge < -0.3 is 20.7 Å². The summed E-state index contributed by atoms with van der Waals surface area (Å²) in [7, 11) is 0. The Labute approximate surface area is 99.3 Å². The lowest BCUT2D eigenvalue weighted by atomic mass is 10.1. The Kier molecular flexibility index (Phi) is 2.40. The molecule has 0 saturated carbocycles. The first-order valence-corrected chi connectivity index (χ1v) is 5.93. The summed E-state index contributed by atoms with van der Waals surface area (Å²) in [6.07, 6.45) is 2.24. The van der Waals surface area contributed by atoms with E-state index >= 15 is 0 Å². The normalized spacial score (nSPS) is 20.8. The van der Waals surface area contributed by atoms with E-state index in [4.69, 9.17) is 5.73 Å². The number of nitrogens with one attached hydrogen (secondary N) is 1. The molecule has 1 saturated heterocycles. The molecule has 0 amide bonds. The fourth-order valence-corrected chi connectivity index (χ4v) is 2.54. The van der Waals surface area contributed by atoms with Crippen LogP contribution >= 0.6 is 0 Å². The third kappa shape index (κ3) is 1.72. The van der Waals surface area contributed by atoms with E-state index in [0.717, 1.165) is 37.0 Å². The van der Waals surface area contributed by atoms with Gasteiger partial charge in [-0.05, 0) is 31.5 Å². The number of nitrogens with zero attached hydrogens (tertiary/aromatic N) is 2. The first kappa shape index (κ1) is 10.4. The number of phenols is 1. The van der Waals surface area contributed by atoms with Crippen LogP contribution < -0.4 is 11.1 Å². The Bertz CT molecular complexity index is 543. The number of piperidine rings is 1. The average molecular weight is 232 g/mol. The van der Waals surface area contributed by atoms with Gasteiger partial charge in [0.25, 0.3) is 0 Å². The molecule has 1 atom stereocenters. The number of fused-ring (bicyclic) bond motifs is 1. The van der Waals surface area contributed by atoms with Gasteiger partial charge in [-0.3, -0.25) is 0 Å². The van der Waals surface area contributed by atoms with Crippen LogP contribution in [0, 0.1) is 0 Å². The van der Waals surface area contributed by atoms with Crippen molar-refractivity contribution in [1.29, 1.82) is 0 Å². The molecule has 3 rings (SSSR count). The summed E-state index contributed by atoms with van der Waals surface area (Å²) in [5.41, 5.74) is 7.73. The molecule has 90 valence electrons. The van der Waals surface area contributed by atoms with E-state index in [1.165, 1.54) is 0 Å². The lowest BCUT2D eigenvalue weighted by molar-refractivity contribution is 0.381. The fraction of sp³-hybridized carbons (Fsp3) is 0.417. The van der Waals surface area contributed by atoms with Crippen LogP contribution in [0.1, 0.15) is 18.9 Å². The maximum absolute atomic E-state index is 9.56. The molecule has 17 heavy (non-hydrogen) atoms. The molecular weight excluding hydrogens is 216 g/mol.